The zero-order valence-corrected chi connectivity index (χ0v) is 16.5. The average Bonchev–Trinajstić information content (AvgIpc) is 3.22. The number of piperidine rings is 2. The number of aromatic nitrogens is 2. The van der Waals surface area contributed by atoms with Gasteiger partial charge in [0.2, 0.25) is 17.6 Å². The number of amides is 1. The van der Waals surface area contributed by atoms with Crippen molar-refractivity contribution in [2.45, 2.75) is 57.4 Å². The molecule has 2 aromatic rings. The van der Waals surface area contributed by atoms with Gasteiger partial charge in [-0.3, -0.25) is 4.79 Å². The number of nitrogens with one attached hydrogen (secondary N) is 1. The fourth-order valence-electron chi connectivity index (χ4n) is 4.61. The molecule has 1 aromatic carbocycles. The van der Waals surface area contributed by atoms with Gasteiger partial charge in [-0.1, -0.05) is 41.9 Å². The van der Waals surface area contributed by atoms with E-state index in [4.69, 9.17) is 4.52 Å². The molecule has 2 aliphatic rings. The lowest BCUT2D eigenvalue weighted by molar-refractivity contribution is -0.121. The minimum atomic E-state index is 0.135. The van der Waals surface area contributed by atoms with Gasteiger partial charge in [0, 0.05) is 31.0 Å². The molecular formula is C22H30N4O2. The molecule has 0 radical (unpaired) electrons. The molecule has 150 valence electrons. The Labute approximate surface area is 166 Å². The summed E-state index contributed by atoms with van der Waals surface area (Å²) in [5.41, 5.74) is 0.944. The number of carbonyl (C=O) groups excluding carboxylic acids is 1. The summed E-state index contributed by atoms with van der Waals surface area (Å²) < 4.78 is 5.32. The third-order valence-electron chi connectivity index (χ3n) is 6.08. The molecule has 0 bridgehead atoms. The van der Waals surface area contributed by atoms with E-state index in [9.17, 15) is 4.79 Å². The van der Waals surface area contributed by atoms with Gasteiger partial charge in [0.25, 0.3) is 0 Å². The first-order valence-electron chi connectivity index (χ1n) is 10.7. The second-order valence-corrected chi connectivity index (χ2v) is 8.04. The average molecular weight is 383 g/mol. The van der Waals surface area contributed by atoms with Crippen LogP contribution in [0.4, 0.5) is 0 Å². The molecule has 2 aliphatic heterocycles. The molecule has 6 heteroatoms. The third kappa shape index (κ3) is 4.79. The minimum absolute atomic E-state index is 0.135. The highest BCUT2D eigenvalue weighted by atomic mass is 16.5. The van der Waals surface area contributed by atoms with Gasteiger partial charge in [-0.2, -0.15) is 4.98 Å². The number of hydrogen-bond donors (Lipinski definition) is 1. The first-order valence-corrected chi connectivity index (χ1v) is 10.7. The molecule has 2 atom stereocenters. The predicted octanol–water partition coefficient (Wildman–Crippen LogP) is 3.44. The molecule has 1 aromatic heterocycles. The predicted molar refractivity (Wildman–Crippen MR) is 108 cm³/mol. The minimum Gasteiger partial charge on any atom is -0.356 e. The first kappa shape index (κ1) is 19.1. The van der Waals surface area contributed by atoms with Gasteiger partial charge in [0.15, 0.2) is 0 Å². The summed E-state index contributed by atoms with van der Waals surface area (Å²) in [6.45, 7) is 3.30. The number of fused-ring (bicyclic) bond motifs is 1. The van der Waals surface area contributed by atoms with Crippen LogP contribution in [0.25, 0.3) is 11.4 Å². The van der Waals surface area contributed by atoms with E-state index in [1.54, 1.807) is 0 Å². The second kappa shape index (κ2) is 9.32. The van der Waals surface area contributed by atoms with Crippen LogP contribution in [-0.2, 0) is 11.2 Å². The van der Waals surface area contributed by atoms with Gasteiger partial charge in [-0.05, 0) is 51.1 Å². The van der Waals surface area contributed by atoms with Gasteiger partial charge >= 0.3 is 0 Å². The van der Waals surface area contributed by atoms with Crippen LogP contribution in [0.15, 0.2) is 34.9 Å². The maximum absolute atomic E-state index is 12.3. The summed E-state index contributed by atoms with van der Waals surface area (Å²) in [7, 11) is 0. The zero-order chi connectivity index (χ0) is 19.2. The Morgan fingerprint density at radius 2 is 2.00 bits per heavy atom. The maximum Gasteiger partial charge on any atom is 0.226 e. The highest BCUT2D eigenvalue weighted by Gasteiger charge is 2.32. The zero-order valence-electron chi connectivity index (χ0n) is 16.5. The number of rotatable bonds is 7. The van der Waals surface area contributed by atoms with E-state index < -0.39 is 0 Å². The number of carbonyl (C=O) groups is 1. The molecule has 6 nitrogen and oxygen atoms in total. The van der Waals surface area contributed by atoms with Crippen LogP contribution in [0.5, 0.6) is 0 Å². The van der Waals surface area contributed by atoms with E-state index in [1.807, 2.05) is 30.3 Å². The molecular weight excluding hydrogens is 352 g/mol. The molecule has 1 N–H and O–H groups in total. The maximum atomic E-state index is 12.3. The van der Waals surface area contributed by atoms with Gasteiger partial charge in [0.1, 0.15) is 0 Å². The topological polar surface area (TPSA) is 71.3 Å². The number of aryl methyl sites for hydroxylation is 1. The third-order valence-corrected chi connectivity index (χ3v) is 6.08. The Morgan fingerprint density at radius 1 is 1.14 bits per heavy atom. The smallest absolute Gasteiger partial charge is 0.226 e. The summed E-state index contributed by atoms with van der Waals surface area (Å²) >= 11 is 0. The van der Waals surface area contributed by atoms with Crippen molar-refractivity contribution in [3.05, 3.63) is 36.2 Å². The van der Waals surface area contributed by atoms with Crippen molar-refractivity contribution in [2.24, 2.45) is 5.92 Å². The Morgan fingerprint density at radius 3 is 2.89 bits per heavy atom. The quantitative estimate of drug-likeness (QED) is 0.794. The first-order chi connectivity index (χ1) is 13.8. The van der Waals surface area contributed by atoms with E-state index in [1.165, 1.54) is 45.2 Å². The van der Waals surface area contributed by atoms with Gasteiger partial charge in [-0.25, -0.2) is 0 Å². The van der Waals surface area contributed by atoms with E-state index in [2.05, 4.69) is 20.4 Å². The van der Waals surface area contributed by atoms with Crippen LogP contribution in [0.3, 0.4) is 0 Å². The number of hydrogen-bond acceptors (Lipinski definition) is 5. The van der Waals surface area contributed by atoms with Crippen LogP contribution < -0.4 is 5.32 Å². The summed E-state index contributed by atoms with van der Waals surface area (Å²) in [4.78, 5) is 19.3. The molecule has 2 saturated heterocycles. The van der Waals surface area contributed by atoms with Crippen molar-refractivity contribution in [1.82, 2.24) is 20.4 Å². The van der Waals surface area contributed by atoms with Gasteiger partial charge in [-0.15, -0.1) is 0 Å². The monoisotopic (exact) mass is 382 g/mol. The molecule has 0 aliphatic carbocycles. The van der Waals surface area contributed by atoms with Crippen LogP contribution in [0.1, 0.15) is 50.8 Å². The lowest BCUT2D eigenvalue weighted by Crippen LogP contribution is -2.50. The lowest BCUT2D eigenvalue weighted by Gasteiger charge is -2.44. The normalized spacial score (nSPS) is 22.6. The summed E-state index contributed by atoms with van der Waals surface area (Å²) in [5.74, 6) is 1.95. The molecule has 2 fully saturated rings. The van der Waals surface area contributed by atoms with Crippen LogP contribution in [-0.4, -0.2) is 46.6 Å². The molecule has 0 saturated carbocycles. The highest BCUT2D eigenvalue weighted by molar-refractivity contribution is 5.75. The Bertz CT molecular complexity index is 759. The SMILES string of the molecule is O=C(CCCc1nc(-c2ccccc2)no1)NC[C@H]1CCCN2CCCC[C@@H]12. The summed E-state index contributed by atoms with van der Waals surface area (Å²) in [5, 5.41) is 7.20. The summed E-state index contributed by atoms with van der Waals surface area (Å²) in [6, 6.07) is 10.5. The largest absolute Gasteiger partial charge is 0.356 e. The van der Waals surface area contributed by atoms with Crippen molar-refractivity contribution >= 4 is 5.91 Å². The highest BCUT2D eigenvalue weighted by Crippen LogP contribution is 2.30. The van der Waals surface area contributed by atoms with Crippen molar-refractivity contribution in [2.75, 3.05) is 19.6 Å². The fraction of sp³-hybridized carbons (Fsp3) is 0.591. The molecule has 4 rings (SSSR count). The van der Waals surface area contributed by atoms with E-state index >= 15 is 0 Å². The van der Waals surface area contributed by atoms with Gasteiger partial charge in [0.05, 0.1) is 0 Å². The number of nitrogens with zero attached hydrogens (tertiary/aromatic N) is 3. The van der Waals surface area contributed by atoms with Crippen LogP contribution >= 0.6 is 0 Å². The van der Waals surface area contributed by atoms with Crippen molar-refractivity contribution in [3.8, 4) is 11.4 Å². The molecule has 28 heavy (non-hydrogen) atoms. The molecule has 1 amide bonds. The van der Waals surface area contributed by atoms with E-state index in [0.29, 0.717) is 36.5 Å². The van der Waals surface area contributed by atoms with Crippen molar-refractivity contribution < 1.29 is 9.32 Å². The van der Waals surface area contributed by atoms with Gasteiger partial charge < -0.3 is 14.7 Å². The molecule has 3 heterocycles. The Balaban J connectivity index is 1.18. The van der Waals surface area contributed by atoms with E-state index in [-0.39, 0.29) is 5.91 Å². The second-order valence-electron chi connectivity index (χ2n) is 8.04. The molecule has 0 unspecified atom stereocenters. The standard InChI is InChI=1S/C22H30N4O2/c27-20(23-16-18-10-7-15-26-14-5-4-11-19(18)26)12-6-13-21-24-22(25-28-21)17-8-2-1-3-9-17/h1-3,8-9,18-19H,4-7,10-16H2,(H,23,27)/t18-,19+/m1/s1. The Hall–Kier alpha value is -2.21. The lowest BCUT2D eigenvalue weighted by atomic mass is 9.83. The van der Waals surface area contributed by atoms with Crippen LogP contribution in [0.2, 0.25) is 0 Å². The number of benzene rings is 1. The molecule has 0 spiro atoms. The Kier molecular flexibility index (Phi) is 6.37. The summed E-state index contributed by atoms with van der Waals surface area (Å²) in [6.07, 6.45) is 8.32. The van der Waals surface area contributed by atoms with Crippen LogP contribution in [0, 0.1) is 5.92 Å². The van der Waals surface area contributed by atoms with Crippen molar-refractivity contribution in [1.29, 1.82) is 0 Å². The van der Waals surface area contributed by atoms with Crippen molar-refractivity contribution in [3.63, 3.8) is 0 Å². The van der Waals surface area contributed by atoms with E-state index in [0.717, 1.165) is 18.5 Å². The fourth-order valence-corrected chi connectivity index (χ4v) is 4.61.